The van der Waals surface area contributed by atoms with Crippen molar-refractivity contribution >= 4 is 0 Å². The van der Waals surface area contributed by atoms with Gasteiger partial charge in [0.15, 0.2) is 0 Å². The van der Waals surface area contributed by atoms with Crippen LogP contribution < -0.4 is 0 Å². The van der Waals surface area contributed by atoms with Gasteiger partial charge in [-0.15, -0.1) is 0 Å². The number of rotatable bonds is 7. The third-order valence-corrected chi connectivity index (χ3v) is 4.40. The molecule has 2 aromatic carbocycles. The van der Waals surface area contributed by atoms with E-state index >= 15 is 0 Å². The van der Waals surface area contributed by atoms with E-state index in [1.807, 2.05) is 6.07 Å². The zero-order valence-corrected chi connectivity index (χ0v) is 14.5. The molecule has 0 aliphatic rings. The Hall–Kier alpha value is -2.26. The molecule has 2 aromatic rings. The highest BCUT2D eigenvalue weighted by Gasteiger charge is 2.20. The first kappa shape index (κ1) is 19.1. The molecule has 0 bridgehead atoms. The highest BCUT2D eigenvalue weighted by atomic mass is 19.1. The molecule has 132 valence electrons. The molecule has 0 saturated carbocycles. The van der Waals surface area contributed by atoms with Crippen LogP contribution in [-0.4, -0.2) is 35.4 Å². The maximum absolute atomic E-state index is 13.3. The molecule has 0 spiro atoms. The van der Waals surface area contributed by atoms with E-state index < -0.39 is 6.23 Å². The van der Waals surface area contributed by atoms with Crippen molar-refractivity contribution in [1.82, 2.24) is 4.90 Å². The molecule has 5 heteroatoms. The average molecular weight is 342 g/mol. The Morgan fingerprint density at radius 3 is 2.36 bits per heavy atom. The number of nitrogens with zero attached hydrogens (tertiary/aromatic N) is 2. The van der Waals surface area contributed by atoms with Crippen molar-refractivity contribution in [2.45, 2.75) is 31.6 Å². The van der Waals surface area contributed by atoms with Gasteiger partial charge in [0.2, 0.25) is 0 Å². The quantitative estimate of drug-likeness (QED) is 0.759. The third-order valence-electron chi connectivity index (χ3n) is 4.40. The van der Waals surface area contributed by atoms with Gasteiger partial charge in [-0.3, -0.25) is 4.90 Å². The second-order valence-corrected chi connectivity index (χ2v) is 6.31. The molecule has 0 fully saturated rings. The van der Waals surface area contributed by atoms with Crippen LogP contribution in [0, 0.1) is 17.1 Å². The highest BCUT2D eigenvalue weighted by molar-refractivity contribution is 5.43. The maximum Gasteiger partial charge on any atom is 0.123 e. The second-order valence-electron chi connectivity index (χ2n) is 6.31. The Balaban J connectivity index is 2.40. The van der Waals surface area contributed by atoms with E-state index in [-0.39, 0.29) is 18.3 Å². The monoisotopic (exact) mass is 342 g/mol. The number of aliphatic hydroxyl groups excluding tert-OH is 2. The minimum Gasteiger partial charge on any atom is -0.392 e. The number of halogens is 1. The third kappa shape index (κ3) is 4.86. The van der Waals surface area contributed by atoms with Crippen LogP contribution in [0.5, 0.6) is 0 Å². The molecular weight excluding hydrogens is 319 g/mol. The van der Waals surface area contributed by atoms with E-state index in [1.165, 1.54) is 12.1 Å². The maximum atomic E-state index is 13.3. The van der Waals surface area contributed by atoms with Crippen molar-refractivity contribution < 1.29 is 14.6 Å². The van der Waals surface area contributed by atoms with Gasteiger partial charge in [-0.1, -0.05) is 18.2 Å². The lowest BCUT2D eigenvalue weighted by Gasteiger charge is -2.24. The molecule has 2 rings (SSSR count). The first-order chi connectivity index (χ1) is 12.0. The van der Waals surface area contributed by atoms with Crippen molar-refractivity contribution in [1.29, 1.82) is 5.26 Å². The lowest BCUT2D eigenvalue weighted by Crippen LogP contribution is -2.27. The SMILES string of the molecule is CN(C)C(O)CC[C@@H](c1ccc(F)cc1)c1ccc(C#N)cc1CO. The van der Waals surface area contributed by atoms with Gasteiger partial charge in [0, 0.05) is 5.92 Å². The molecule has 4 nitrogen and oxygen atoms in total. The van der Waals surface area contributed by atoms with E-state index in [2.05, 4.69) is 6.07 Å². The molecule has 0 aromatic heterocycles. The molecule has 0 radical (unpaired) electrons. The lowest BCUT2D eigenvalue weighted by atomic mass is 9.84. The van der Waals surface area contributed by atoms with Crippen LogP contribution in [0.25, 0.3) is 0 Å². The van der Waals surface area contributed by atoms with Gasteiger partial charge in [0.25, 0.3) is 0 Å². The molecule has 0 aliphatic carbocycles. The van der Waals surface area contributed by atoms with Crippen LogP contribution in [0.2, 0.25) is 0 Å². The van der Waals surface area contributed by atoms with Gasteiger partial charge in [0.05, 0.1) is 18.2 Å². The zero-order valence-electron chi connectivity index (χ0n) is 14.5. The van der Waals surface area contributed by atoms with E-state index in [4.69, 9.17) is 5.26 Å². The van der Waals surface area contributed by atoms with Gasteiger partial charge >= 0.3 is 0 Å². The largest absolute Gasteiger partial charge is 0.392 e. The Morgan fingerprint density at radius 1 is 1.12 bits per heavy atom. The minimum atomic E-state index is -0.584. The summed E-state index contributed by atoms with van der Waals surface area (Å²) in [5, 5.41) is 28.9. The molecule has 0 aliphatic heterocycles. The summed E-state index contributed by atoms with van der Waals surface area (Å²) in [4.78, 5) is 1.73. The van der Waals surface area contributed by atoms with Crippen molar-refractivity contribution in [3.05, 3.63) is 70.5 Å². The smallest absolute Gasteiger partial charge is 0.123 e. The first-order valence-corrected chi connectivity index (χ1v) is 8.20. The van der Waals surface area contributed by atoms with Gasteiger partial charge in [0.1, 0.15) is 12.0 Å². The average Bonchev–Trinajstić information content (AvgIpc) is 2.62. The van der Waals surface area contributed by atoms with Crippen molar-refractivity contribution in [2.24, 2.45) is 0 Å². The molecule has 0 saturated heterocycles. The van der Waals surface area contributed by atoms with Gasteiger partial charge in [-0.2, -0.15) is 5.26 Å². The number of nitriles is 1. The topological polar surface area (TPSA) is 67.5 Å². The molecule has 25 heavy (non-hydrogen) atoms. The van der Waals surface area contributed by atoms with Crippen molar-refractivity contribution in [3.8, 4) is 6.07 Å². The fourth-order valence-electron chi connectivity index (χ4n) is 2.92. The fourth-order valence-corrected chi connectivity index (χ4v) is 2.92. The van der Waals surface area contributed by atoms with Crippen LogP contribution in [-0.2, 0) is 6.61 Å². The summed E-state index contributed by atoms with van der Waals surface area (Å²) in [6, 6.07) is 13.6. The molecule has 1 unspecified atom stereocenters. The van der Waals surface area contributed by atoms with Gasteiger partial charge in [-0.05, 0) is 67.9 Å². The predicted molar refractivity (Wildman–Crippen MR) is 94.3 cm³/mol. The Labute approximate surface area is 147 Å². The summed E-state index contributed by atoms with van der Waals surface area (Å²) in [6.45, 7) is -0.182. The standard InChI is InChI=1S/C20H23FN2O2/c1-23(2)20(25)10-9-18(15-4-6-17(21)7-5-15)19-8-3-14(12-22)11-16(19)13-24/h3-8,11,18,20,24-25H,9-10,13H2,1-2H3/t18-,20?/m0/s1. The zero-order chi connectivity index (χ0) is 18.4. The normalized spacial score (nSPS) is 13.5. The number of benzene rings is 2. The summed E-state index contributed by atoms with van der Waals surface area (Å²) in [5.41, 5.74) is 2.96. The Bertz CT molecular complexity index is 738. The molecule has 0 amide bonds. The summed E-state index contributed by atoms with van der Waals surface area (Å²) in [6.07, 6.45) is 0.572. The van der Waals surface area contributed by atoms with Crippen LogP contribution in [0.4, 0.5) is 4.39 Å². The number of aliphatic hydroxyl groups is 2. The highest BCUT2D eigenvalue weighted by Crippen LogP contribution is 2.33. The molecule has 0 heterocycles. The minimum absolute atomic E-state index is 0.106. The Kier molecular flexibility index (Phi) is 6.65. The van der Waals surface area contributed by atoms with E-state index in [0.29, 0.717) is 24.0 Å². The van der Waals surface area contributed by atoms with E-state index in [9.17, 15) is 14.6 Å². The molecular formula is C20H23FN2O2. The lowest BCUT2D eigenvalue weighted by molar-refractivity contribution is 0.0309. The predicted octanol–water partition coefficient (Wildman–Crippen LogP) is 2.98. The summed E-state index contributed by atoms with van der Waals surface area (Å²) in [7, 11) is 3.61. The van der Waals surface area contributed by atoms with Crippen LogP contribution in [0.1, 0.15) is 41.0 Å². The van der Waals surface area contributed by atoms with Crippen molar-refractivity contribution in [3.63, 3.8) is 0 Å². The van der Waals surface area contributed by atoms with Gasteiger partial charge in [-0.25, -0.2) is 4.39 Å². The van der Waals surface area contributed by atoms with Crippen LogP contribution in [0.3, 0.4) is 0 Å². The fraction of sp³-hybridized carbons (Fsp3) is 0.350. The number of hydrogen-bond donors (Lipinski definition) is 2. The summed E-state index contributed by atoms with van der Waals surface area (Å²) >= 11 is 0. The number of hydrogen-bond acceptors (Lipinski definition) is 4. The van der Waals surface area contributed by atoms with E-state index in [0.717, 1.165) is 11.1 Å². The second kappa shape index (κ2) is 8.72. The van der Waals surface area contributed by atoms with Gasteiger partial charge < -0.3 is 10.2 Å². The van der Waals surface area contributed by atoms with E-state index in [1.54, 1.807) is 43.3 Å². The molecule has 2 atom stereocenters. The van der Waals surface area contributed by atoms with Crippen molar-refractivity contribution in [2.75, 3.05) is 14.1 Å². The summed E-state index contributed by atoms with van der Waals surface area (Å²) < 4.78 is 13.3. The first-order valence-electron chi connectivity index (χ1n) is 8.20. The molecule has 2 N–H and O–H groups in total. The summed E-state index contributed by atoms with van der Waals surface area (Å²) in [5.74, 6) is -0.414. The Morgan fingerprint density at radius 2 is 1.80 bits per heavy atom. The van der Waals surface area contributed by atoms with Crippen LogP contribution >= 0.6 is 0 Å². The van der Waals surface area contributed by atoms with Crippen LogP contribution in [0.15, 0.2) is 42.5 Å².